The number of hydrogen-bond donors (Lipinski definition) is 4. The van der Waals surface area contributed by atoms with E-state index in [2.05, 4.69) is 15.3 Å². The predicted octanol–water partition coefficient (Wildman–Crippen LogP) is -1.66. The third kappa shape index (κ3) is 3.68. The summed E-state index contributed by atoms with van der Waals surface area (Å²) in [6.07, 6.45) is 1.89. The highest BCUT2D eigenvalue weighted by Gasteiger charge is 2.20. The van der Waals surface area contributed by atoms with Gasteiger partial charge < -0.3 is 20.5 Å². The number of nitrogens with one attached hydrogen (secondary N) is 2. The largest absolute Gasteiger partial charge is 0.480 e. The second kappa shape index (κ2) is 5.75. The lowest BCUT2D eigenvalue weighted by Crippen LogP contribution is -2.41. The summed E-state index contributed by atoms with van der Waals surface area (Å²) < 4.78 is 0. The second-order valence-electron chi connectivity index (χ2n) is 3.17. The van der Waals surface area contributed by atoms with Gasteiger partial charge in [-0.2, -0.15) is 0 Å². The van der Waals surface area contributed by atoms with Crippen molar-refractivity contribution in [2.24, 2.45) is 0 Å². The summed E-state index contributed by atoms with van der Waals surface area (Å²) in [5, 5.41) is 19.5. The SMILES string of the molecule is O=C(NC(CCO)C(=O)O)c1c[nH]c(=O)cn1. The number of aliphatic hydroxyl groups excluding tert-OH is 1. The molecule has 92 valence electrons. The van der Waals surface area contributed by atoms with Crippen LogP contribution in [0.1, 0.15) is 16.9 Å². The molecule has 0 bridgehead atoms. The Kier molecular flexibility index (Phi) is 4.35. The van der Waals surface area contributed by atoms with Crippen LogP contribution < -0.4 is 10.9 Å². The van der Waals surface area contributed by atoms with Crippen LogP contribution in [0, 0.1) is 0 Å². The van der Waals surface area contributed by atoms with E-state index < -0.39 is 23.5 Å². The zero-order valence-electron chi connectivity index (χ0n) is 8.71. The molecule has 0 aliphatic rings. The lowest BCUT2D eigenvalue weighted by molar-refractivity contribution is -0.139. The zero-order chi connectivity index (χ0) is 12.8. The molecule has 8 nitrogen and oxygen atoms in total. The first-order chi connectivity index (χ1) is 8.04. The third-order valence-electron chi connectivity index (χ3n) is 1.93. The Bertz CT molecular complexity index is 449. The molecule has 1 heterocycles. The fourth-order valence-corrected chi connectivity index (χ4v) is 1.09. The zero-order valence-corrected chi connectivity index (χ0v) is 8.71. The van der Waals surface area contributed by atoms with Crippen LogP contribution in [-0.2, 0) is 4.79 Å². The molecule has 17 heavy (non-hydrogen) atoms. The summed E-state index contributed by atoms with van der Waals surface area (Å²) in [4.78, 5) is 38.7. The summed E-state index contributed by atoms with van der Waals surface area (Å²) in [7, 11) is 0. The van der Waals surface area contributed by atoms with E-state index in [4.69, 9.17) is 10.2 Å². The average Bonchev–Trinajstić information content (AvgIpc) is 2.29. The topological polar surface area (TPSA) is 132 Å². The Morgan fingerprint density at radius 2 is 2.24 bits per heavy atom. The van der Waals surface area contributed by atoms with E-state index >= 15 is 0 Å². The lowest BCUT2D eigenvalue weighted by atomic mass is 10.2. The molecule has 1 amide bonds. The molecule has 0 saturated carbocycles. The maximum absolute atomic E-state index is 11.5. The van der Waals surface area contributed by atoms with E-state index in [1.54, 1.807) is 0 Å². The van der Waals surface area contributed by atoms with Crippen LogP contribution in [0.15, 0.2) is 17.2 Å². The number of carboxylic acids is 1. The molecular weight excluding hydrogens is 230 g/mol. The van der Waals surface area contributed by atoms with Crippen LogP contribution in [0.25, 0.3) is 0 Å². The van der Waals surface area contributed by atoms with Crippen molar-refractivity contribution in [3.63, 3.8) is 0 Å². The van der Waals surface area contributed by atoms with E-state index in [1.165, 1.54) is 0 Å². The maximum Gasteiger partial charge on any atom is 0.326 e. The van der Waals surface area contributed by atoms with E-state index in [0.29, 0.717) is 0 Å². The number of aromatic amines is 1. The van der Waals surface area contributed by atoms with Crippen molar-refractivity contribution in [3.05, 3.63) is 28.4 Å². The van der Waals surface area contributed by atoms with Crippen molar-refractivity contribution >= 4 is 11.9 Å². The summed E-state index contributed by atoms with van der Waals surface area (Å²) >= 11 is 0. The summed E-state index contributed by atoms with van der Waals surface area (Å²) in [5.74, 6) is -1.99. The highest BCUT2D eigenvalue weighted by molar-refractivity contribution is 5.94. The van der Waals surface area contributed by atoms with Gasteiger partial charge in [-0.1, -0.05) is 0 Å². The summed E-state index contributed by atoms with van der Waals surface area (Å²) in [6, 6.07) is -1.19. The second-order valence-corrected chi connectivity index (χ2v) is 3.17. The smallest absolute Gasteiger partial charge is 0.326 e. The molecule has 8 heteroatoms. The minimum Gasteiger partial charge on any atom is -0.480 e. The number of rotatable bonds is 5. The molecule has 0 aliphatic heterocycles. The molecule has 1 unspecified atom stereocenters. The van der Waals surface area contributed by atoms with Crippen LogP contribution in [0.2, 0.25) is 0 Å². The van der Waals surface area contributed by atoms with Crippen molar-refractivity contribution in [1.29, 1.82) is 0 Å². The molecule has 0 radical (unpaired) electrons. The summed E-state index contributed by atoms with van der Waals surface area (Å²) in [6.45, 7) is -0.365. The number of aromatic nitrogens is 2. The van der Waals surface area contributed by atoms with Crippen molar-refractivity contribution in [3.8, 4) is 0 Å². The normalized spacial score (nSPS) is 11.8. The molecule has 1 rings (SSSR count). The van der Waals surface area contributed by atoms with Gasteiger partial charge in [-0.3, -0.25) is 9.59 Å². The van der Waals surface area contributed by atoms with Gasteiger partial charge in [0.15, 0.2) is 0 Å². The first-order valence-electron chi connectivity index (χ1n) is 4.74. The van der Waals surface area contributed by atoms with Crippen molar-refractivity contribution < 1.29 is 19.8 Å². The van der Waals surface area contributed by atoms with Crippen LogP contribution in [0.3, 0.4) is 0 Å². The quantitative estimate of drug-likeness (QED) is 0.487. The minimum absolute atomic E-state index is 0.103. The number of aliphatic carboxylic acids is 1. The number of amides is 1. The number of hydrogen-bond acceptors (Lipinski definition) is 5. The first-order valence-corrected chi connectivity index (χ1v) is 4.74. The number of carboxylic acid groups (broad SMARTS) is 1. The first kappa shape index (κ1) is 12.8. The molecule has 1 aromatic heterocycles. The van der Waals surface area contributed by atoms with E-state index in [1.807, 2.05) is 0 Å². The molecule has 0 fully saturated rings. The monoisotopic (exact) mass is 241 g/mol. The molecule has 4 N–H and O–H groups in total. The van der Waals surface area contributed by atoms with Gasteiger partial charge in [0.1, 0.15) is 11.7 Å². The van der Waals surface area contributed by atoms with Gasteiger partial charge >= 0.3 is 5.97 Å². The van der Waals surface area contributed by atoms with Crippen LogP contribution in [-0.4, -0.2) is 44.7 Å². The van der Waals surface area contributed by atoms with Gasteiger partial charge in [-0.25, -0.2) is 9.78 Å². The van der Waals surface area contributed by atoms with Crippen LogP contribution in [0.5, 0.6) is 0 Å². The third-order valence-corrected chi connectivity index (χ3v) is 1.93. The van der Waals surface area contributed by atoms with Gasteiger partial charge in [0, 0.05) is 19.2 Å². The molecule has 0 aliphatic carbocycles. The number of carbonyl (C=O) groups excluding carboxylic acids is 1. The molecular formula is C9H11N3O5. The highest BCUT2D eigenvalue weighted by Crippen LogP contribution is 1.95. The molecule has 0 aromatic carbocycles. The minimum atomic E-state index is -1.25. The molecule has 1 atom stereocenters. The Hall–Kier alpha value is -2.22. The Morgan fingerprint density at radius 3 is 2.71 bits per heavy atom. The number of H-pyrrole nitrogens is 1. The van der Waals surface area contributed by atoms with Gasteiger partial charge in [-0.05, 0) is 0 Å². The predicted molar refractivity (Wildman–Crippen MR) is 55.5 cm³/mol. The van der Waals surface area contributed by atoms with Crippen molar-refractivity contribution in [1.82, 2.24) is 15.3 Å². The van der Waals surface area contributed by atoms with Crippen molar-refractivity contribution in [2.45, 2.75) is 12.5 Å². The number of nitrogens with zero attached hydrogens (tertiary/aromatic N) is 1. The fourth-order valence-electron chi connectivity index (χ4n) is 1.09. The van der Waals surface area contributed by atoms with E-state index in [-0.39, 0.29) is 18.7 Å². The number of carbonyl (C=O) groups is 2. The fraction of sp³-hybridized carbons (Fsp3) is 0.333. The number of aliphatic hydroxyl groups is 1. The Balaban J connectivity index is 2.73. The van der Waals surface area contributed by atoms with E-state index in [9.17, 15) is 14.4 Å². The average molecular weight is 241 g/mol. The molecule has 1 aromatic rings. The van der Waals surface area contributed by atoms with Gasteiger partial charge in [0.05, 0.1) is 6.20 Å². The Labute approximate surface area is 95.3 Å². The summed E-state index contributed by atoms with van der Waals surface area (Å²) in [5.41, 5.74) is -0.569. The van der Waals surface area contributed by atoms with Crippen LogP contribution >= 0.6 is 0 Å². The highest BCUT2D eigenvalue weighted by atomic mass is 16.4. The Morgan fingerprint density at radius 1 is 1.53 bits per heavy atom. The van der Waals surface area contributed by atoms with Gasteiger partial charge in [0.25, 0.3) is 11.5 Å². The molecule has 0 saturated heterocycles. The van der Waals surface area contributed by atoms with Gasteiger partial charge in [0.2, 0.25) is 0 Å². The standard InChI is InChI=1S/C9H11N3O5/c13-2-1-5(9(16)17)12-8(15)6-3-11-7(14)4-10-6/h3-5,13H,1-2H2,(H,11,14)(H,12,15)(H,16,17). The van der Waals surface area contributed by atoms with Crippen LogP contribution in [0.4, 0.5) is 0 Å². The van der Waals surface area contributed by atoms with Crippen molar-refractivity contribution in [2.75, 3.05) is 6.61 Å². The van der Waals surface area contributed by atoms with E-state index in [0.717, 1.165) is 12.4 Å². The maximum atomic E-state index is 11.5. The molecule has 0 spiro atoms. The van der Waals surface area contributed by atoms with Gasteiger partial charge in [-0.15, -0.1) is 0 Å². The lowest BCUT2D eigenvalue weighted by Gasteiger charge is -2.12.